The smallest absolute Gasteiger partial charge is 0.307 e. The Morgan fingerprint density at radius 3 is 1.70 bits per heavy atom. The number of ether oxygens (including phenoxy) is 9. The number of carbonyl (C=O) groups is 6. The lowest BCUT2D eigenvalue weighted by atomic mass is 9.91. The molecule has 0 aromatic heterocycles. The monoisotopic (exact) mass is 574 g/mol. The van der Waals surface area contributed by atoms with E-state index in [4.69, 9.17) is 42.6 Å². The molecule has 0 aromatic carbocycles. The Morgan fingerprint density at radius 1 is 0.675 bits per heavy atom. The third-order valence-electron chi connectivity index (χ3n) is 5.60. The van der Waals surface area contributed by atoms with Crippen LogP contribution in [0.2, 0.25) is 0 Å². The lowest BCUT2D eigenvalue weighted by Crippen LogP contribution is -2.60. The molecule has 2 rings (SSSR count). The average Bonchev–Trinajstić information content (AvgIpc) is 2.82. The molecule has 40 heavy (non-hydrogen) atoms. The van der Waals surface area contributed by atoms with Gasteiger partial charge in [-0.3, -0.25) is 28.8 Å². The zero-order valence-electron chi connectivity index (χ0n) is 23.2. The summed E-state index contributed by atoms with van der Waals surface area (Å²) in [6.45, 7) is 7.69. The lowest BCUT2D eigenvalue weighted by Gasteiger charge is -2.46. The predicted molar refractivity (Wildman–Crippen MR) is 127 cm³/mol. The molecule has 0 aromatic rings. The molecule has 0 amide bonds. The van der Waals surface area contributed by atoms with Crippen LogP contribution >= 0.6 is 0 Å². The second kappa shape index (κ2) is 14.6. The zero-order chi connectivity index (χ0) is 30.1. The Labute approximate surface area is 230 Å². The van der Waals surface area contributed by atoms with E-state index in [0.29, 0.717) is 0 Å². The van der Waals surface area contributed by atoms with Crippen LogP contribution in [-0.4, -0.2) is 91.9 Å². The molecular weight excluding hydrogens is 540 g/mol. The normalized spacial score (nSPS) is 29.5. The molecular formula is C25H34O15. The molecule has 15 nitrogen and oxygen atoms in total. The maximum absolute atomic E-state index is 12.0. The van der Waals surface area contributed by atoms with Gasteiger partial charge in [0.05, 0.1) is 0 Å². The largest absolute Gasteiger partial charge is 0.488 e. The maximum atomic E-state index is 12.0. The van der Waals surface area contributed by atoms with Crippen LogP contribution in [0, 0.1) is 5.92 Å². The molecule has 0 radical (unpaired) electrons. The summed E-state index contributed by atoms with van der Waals surface area (Å²) in [5, 5.41) is 0. The van der Waals surface area contributed by atoms with Crippen molar-refractivity contribution in [2.45, 2.75) is 91.4 Å². The van der Waals surface area contributed by atoms with E-state index >= 15 is 0 Å². The van der Waals surface area contributed by atoms with Gasteiger partial charge in [-0.1, -0.05) is 6.92 Å². The summed E-state index contributed by atoms with van der Waals surface area (Å²) in [5.74, 6) is -5.25. The van der Waals surface area contributed by atoms with Crippen LogP contribution in [0.15, 0.2) is 12.0 Å². The third-order valence-corrected chi connectivity index (χ3v) is 5.60. The Kier molecular flexibility index (Phi) is 11.9. The van der Waals surface area contributed by atoms with Crippen molar-refractivity contribution in [1.29, 1.82) is 0 Å². The molecule has 0 N–H and O–H groups in total. The number of carbonyl (C=O) groups excluding carboxylic acids is 6. The van der Waals surface area contributed by atoms with Gasteiger partial charge in [0.25, 0.3) is 0 Å². The van der Waals surface area contributed by atoms with E-state index in [9.17, 15) is 28.8 Å². The van der Waals surface area contributed by atoms with E-state index in [1.54, 1.807) is 6.92 Å². The fourth-order valence-corrected chi connectivity index (χ4v) is 4.08. The summed E-state index contributed by atoms with van der Waals surface area (Å²) in [5.41, 5.74) is 0. The molecule has 2 aliphatic heterocycles. The van der Waals surface area contributed by atoms with E-state index in [0.717, 1.165) is 40.9 Å². The van der Waals surface area contributed by atoms with Crippen molar-refractivity contribution in [2.24, 2.45) is 5.92 Å². The molecule has 1 fully saturated rings. The van der Waals surface area contributed by atoms with Crippen LogP contribution in [0.4, 0.5) is 0 Å². The molecule has 15 heteroatoms. The topological polar surface area (TPSA) is 185 Å². The van der Waals surface area contributed by atoms with E-state index in [2.05, 4.69) is 0 Å². The first kappa shape index (κ1) is 32.5. The first-order valence-corrected chi connectivity index (χ1v) is 12.3. The molecule has 0 spiro atoms. The van der Waals surface area contributed by atoms with Gasteiger partial charge in [0.2, 0.25) is 0 Å². The second-order valence-corrected chi connectivity index (χ2v) is 9.07. The van der Waals surface area contributed by atoms with Crippen molar-refractivity contribution in [3.8, 4) is 0 Å². The minimum atomic E-state index is -1.36. The number of hydrogen-bond acceptors (Lipinski definition) is 15. The summed E-state index contributed by atoms with van der Waals surface area (Å²) < 4.78 is 49.3. The van der Waals surface area contributed by atoms with Gasteiger partial charge in [-0.05, 0) is 0 Å². The minimum Gasteiger partial charge on any atom is -0.488 e. The highest BCUT2D eigenvalue weighted by molar-refractivity contribution is 5.69. The van der Waals surface area contributed by atoms with Crippen molar-refractivity contribution in [3.05, 3.63) is 12.0 Å². The van der Waals surface area contributed by atoms with E-state index in [-0.39, 0.29) is 12.4 Å². The van der Waals surface area contributed by atoms with Gasteiger partial charge in [-0.2, -0.15) is 0 Å². The minimum absolute atomic E-state index is 0.207. The third kappa shape index (κ3) is 9.48. The highest BCUT2D eigenvalue weighted by Crippen LogP contribution is 2.35. The van der Waals surface area contributed by atoms with Gasteiger partial charge in [0, 0.05) is 47.5 Å². The van der Waals surface area contributed by atoms with Crippen LogP contribution < -0.4 is 0 Å². The van der Waals surface area contributed by atoms with Crippen LogP contribution in [0.25, 0.3) is 0 Å². The molecule has 224 valence electrons. The van der Waals surface area contributed by atoms with Gasteiger partial charge in [0.1, 0.15) is 37.8 Å². The Hall–Kier alpha value is -3.72. The number of esters is 6. The Bertz CT molecular complexity index is 1000. The standard InChI is InChI=1S/C25H34O15/c1-11-21(36-15(5)29)23(37-16(6)30)20(9-33-13(3)27)39-25(11)40-22-18(8-32-12(2)26)34-10-19(35-14(4)28)24(22)38-17(7)31/h10-11,18,20-25H,8-9H2,1-7H3/t11-,18-,20-,21-,22-,23-,24-,25+/m1/s1. The second-order valence-electron chi connectivity index (χ2n) is 9.07. The highest BCUT2D eigenvalue weighted by Gasteiger charge is 2.52. The molecule has 0 unspecified atom stereocenters. The van der Waals surface area contributed by atoms with Crippen molar-refractivity contribution in [1.82, 2.24) is 0 Å². The van der Waals surface area contributed by atoms with Crippen LogP contribution in [0.5, 0.6) is 0 Å². The summed E-state index contributed by atoms with van der Waals surface area (Å²) in [6.07, 6.45) is -7.48. The summed E-state index contributed by atoms with van der Waals surface area (Å²) in [6, 6.07) is 0. The lowest BCUT2D eigenvalue weighted by molar-refractivity contribution is -0.314. The summed E-state index contributed by atoms with van der Waals surface area (Å²) >= 11 is 0. The van der Waals surface area contributed by atoms with Crippen LogP contribution in [-0.2, 0) is 71.4 Å². The SMILES string of the molecule is CC(=O)OC[C@H]1O[C@@H](O[C@H]2[C@H](OC(C)=O)C(OC(C)=O)=CO[C@@H]2COC(C)=O)[C@H](C)[C@@H](OC(C)=O)[C@@H]1OC(C)=O. The Balaban J connectivity index is 2.50. The van der Waals surface area contributed by atoms with Gasteiger partial charge in [0.15, 0.2) is 30.4 Å². The molecule has 2 aliphatic rings. The number of hydrogen-bond donors (Lipinski definition) is 0. The fraction of sp³-hybridized carbons (Fsp3) is 0.680. The molecule has 1 saturated heterocycles. The van der Waals surface area contributed by atoms with Crippen LogP contribution in [0.3, 0.4) is 0 Å². The summed E-state index contributed by atoms with van der Waals surface area (Å²) in [7, 11) is 0. The van der Waals surface area contributed by atoms with E-state index in [1.807, 2.05) is 0 Å². The van der Waals surface area contributed by atoms with Gasteiger partial charge >= 0.3 is 35.8 Å². The Morgan fingerprint density at radius 2 is 1.20 bits per heavy atom. The number of rotatable bonds is 10. The highest BCUT2D eigenvalue weighted by atomic mass is 16.7. The zero-order valence-corrected chi connectivity index (χ0v) is 23.2. The average molecular weight is 575 g/mol. The maximum Gasteiger partial charge on any atom is 0.307 e. The molecule has 0 bridgehead atoms. The van der Waals surface area contributed by atoms with Crippen LogP contribution in [0.1, 0.15) is 48.5 Å². The van der Waals surface area contributed by atoms with Crippen molar-refractivity contribution in [2.75, 3.05) is 13.2 Å². The first-order valence-electron chi connectivity index (χ1n) is 12.3. The van der Waals surface area contributed by atoms with Crippen molar-refractivity contribution < 1.29 is 71.4 Å². The van der Waals surface area contributed by atoms with Gasteiger partial charge in [-0.25, -0.2) is 0 Å². The van der Waals surface area contributed by atoms with E-state index < -0.39 is 91.3 Å². The van der Waals surface area contributed by atoms with E-state index in [1.165, 1.54) is 6.92 Å². The van der Waals surface area contributed by atoms with Gasteiger partial charge < -0.3 is 42.6 Å². The molecule has 2 heterocycles. The quantitative estimate of drug-likeness (QED) is 0.258. The fourth-order valence-electron chi connectivity index (χ4n) is 4.08. The van der Waals surface area contributed by atoms with Gasteiger partial charge in [-0.15, -0.1) is 0 Å². The van der Waals surface area contributed by atoms with Crippen molar-refractivity contribution in [3.63, 3.8) is 0 Å². The first-order chi connectivity index (χ1) is 18.7. The summed E-state index contributed by atoms with van der Waals surface area (Å²) in [4.78, 5) is 70.5. The van der Waals surface area contributed by atoms with Crippen molar-refractivity contribution >= 4 is 35.8 Å². The molecule has 0 aliphatic carbocycles. The predicted octanol–water partition coefficient (Wildman–Crippen LogP) is 0.457. The molecule has 0 saturated carbocycles. The molecule has 8 atom stereocenters.